The summed E-state index contributed by atoms with van der Waals surface area (Å²) in [5.74, 6) is 1.04. The van der Waals surface area contributed by atoms with Gasteiger partial charge in [-0.05, 0) is 36.0 Å². The molecule has 2 atom stereocenters. The van der Waals surface area contributed by atoms with Crippen molar-refractivity contribution in [2.24, 2.45) is 16.7 Å². The number of hydrogen-bond acceptors (Lipinski definition) is 1. The maximum absolute atomic E-state index is 2.79. The van der Waals surface area contributed by atoms with Gasteiger partial charge in [0.05, 0.1) is 0 Å². The highest BCUT2D eigenvalue weighted by Crippen LogP contribution is 2.67. The molecule has 1 aliphatic heterocycles. The molecule has 0 spiro atoms. The van der Waals surface area contributed by atoms with Gasteiger partial charge in [-0.15, -0.1) is 0 Å². The third-order valence-corrected chi connectivity index (χ3v) is 5.26. The molecule has 80 valence electrons. The first-order valence-corrected chi connectivity index (χ1v) is 6.27. The minimum absolute atomic E-state index is 0.538. The van der Waals surface area contributed by atoms with Crippen molar-refractivity contribution < 1.29 is 0 Å². The third kappa shape index (κ3) is 1.05. The predicted molar refractivity (Wildman–Crippen MR) is 59.2 cm³/mol. The molecule has 0 aromatic rings. The Labute approximate surface area is 87.9 Å². The van der Waals surface area contributed by atoms with Crippen LogP contribution in [-0.2, 0) is 0 Å². The zero-order valence-electron chi connectivity index (χ0n) is 9.84. The molecule has 3 rings (SSSR count). The summed E-state index contributed by atoms with van der Waals surface area (Å²) in [6.45, 7) is 10.2. The van der Waals surface area contributed by atoms with Crippen LogP contribution in [0.3, 0.4) is 0 Å². The van der Waals surface area contributed by atoms with Crippen molar-refractivity contribution in [3.8, 4) is 0 Å². The predicted octanol–water partition coefficient (Wildman–Crippen LogP) is 2.91. The van der Waals surface area contributed by atoms with E-state index in [4.69, 9.17) is 0 Å². The molecule has 1 heteroatoms. The van der Waals surface area contributed by atoms with E-state index >= 15 is 0 Å². The van der Waals surface area contributed by atoms with Gasteiger partial charge in [0, 0.05) is 19.1 Å². The number of piperidine rings is 1. The van der Waals surface area contributed by atoms with Gasteiger partial charge in [0.1, 0.15) is 0 Å². The lowest BCUT2D eigenvalue weighted by Gasteiger charge is -2.38. The number of fused-ring (bicyclic) bond motifs is 1. The van der Waals surface area contributed by atoms with Crippen LogP contribution in [0.4, 0.5) is 0 Å². The monoisotopic (exact) mass is 193 g/mol. The SMILES string of the molecule is CC(C)(C)[C@]12CC1CN(C1CCC1)C2. The summed E-state index contributed by atoms with van der Waals surface area (Å²) in [5, 5.41) is 0. The molecule has 0 amide bonds. The summed E-state index contributed by atoms with van der Waals surface area (Å²) < 4.78 is 0. The van der Waals surface area contributed by atoms with Crippen LogP contribution in [0, 0.1) is 16.7 Å². The van der Waals surface area contributed by atoms with Crippen molar-refractivity contribution in [2.45, 2.75) is 52.5 Å². The lowest BCUT2D eigenvalue weighted by molar-refractivity contribution is 0.106. The van der Waals surface area contributed by atoms with Crippen LogP contribution in [0.5, 0.6) is 0 Å². The second kappa shape index (κ2) is 2.55. The molecule has 0 aromatic carbocycles. The number of nitrogens with zero attached hydrogens (tertiary/aromatic N) is 1. The van der Waals surface area contributed by atoms with Crippen molar-refractivity contribution in [1.82, 2.24) is 4.90 Å². The minimum atomic E-state index is 0.538. The van der Waals surface area contributed by atoms with Gasteiger partial charge in [-0.3, -0.25) is 4.90 Å². The molecule has 1 nitrogen and oxygen atoms in total. The quantitative estimate of drug-likeness (QED) is 0.619. The summed E-state index contributed by atoms with van der Waals surface area (Å²) in [6, 6.07) is 0.974. The molecule has 0 aromatic heterocycles. The topological polar surface area (TPSA) is 3.24 Å². The highest BCUT2D eigenvalue weighted by molar-refractivity contribution is 5.16. The Morgan fingerprint density at radius 1 is 1.21 bits per heavy atom. The molecular weight excluding hydrogens is 170 g/mol. The van der Waals surface area contributed by atoms with Crippen molar-refractivity contribution in [2.75, 3.05) is 13.1 Å². The lowest BCUT2D eigenvalue weighted by Crippen LogP contribution is -2.41. The number of rotatable bonds is 1. The fourth-order valence-corrected chi connectivity index (χ4v) is 3.71. The Kier molecular flexibility index (Phi) is 1.68. The molecule has 14 heavy (non-hydrogen) atoms. The van der Waals surface area contributed by atoms with Crippen LogP contribution in [0.25, 0.3) is 0 Å². The van der Waals surface area contributed by atoms with Gasteiger partial charge in [0.2, 0.25) is 0 Å². The molecule has 0 radical (unpaired) electrons. The van der Waals surface area contributed by atoms with Crippen molar-refractivity contribution in [1.29, 1.82) is 0 Å². The van der Waals surface area contributed by atoms with Gasteiger partial charge >= 0.3 is 0 Å². The van der Waals surface area contributed by atoms with E-state index in [2.05, 4.69) is 25.7 Å². The molecule has 0 bridgehead atoms. The van der Waals surface area contributed by atoms with E-state index in [-0.39, 0.29) is 0 Å². The van der Waals surface area contributed by atoms with E-state index in [9.17, 15) is 0 Å². The average Bonchev–Trinajstić information content (AvgIpc) is 2.51. The standard InChI is InChI=1S/C13H23N/c1-12(2,3)13-7-10(13)8-14(9-13)11-5-4-6-11/h10-11H,4-9H2,1-3H3/t10?,13-/m0/s1. The summed E-state index contributed by atoms with van der Waals surface area (Å²) >= 11 is 0. The van der Waals surface area contributed by atoms with Gasteiger partial charge in [0.25, 0.3) is 0 Å². The Balaban J connectivity index is 1.71. The zero-order valence-corrected chi connectivity index (χ0v) is 9.84. The fourth-order valence-electron chi connectivity index (χ4n) is 3.71. The first-order chi connectivity index (χ1) is 6.53. The van der Waals surface area contributed by atoms with Gasteiger partial charge in [-0.25, -0.2) is 0 Å². The summed E-state index contributed by atoms with van der Waals surface area (Å²) in [5.41, 5.74) is 1.25. The van der Waals surface area contributed by atoms with E-state index in [1.165, 1.54) is 38.8 Å². The second-order valence-corrected chi connectivity index (χ2v) is 6.82. The highest BCUT2D eigenvalue weighted by Gasteiger charge is 2.65. The van der Waals surface area contributed by atoms with Gasteiger partial charge < -0.3 is 0 Å². The van der Waals surface area contributed by atoms with E-state index in [1.807, 2.05) is 0 Å². The fraction of sp³-hybridized carbons (Fsp3) is 1.00. The van der Waals surface area contributed by atoms with Crippen molar-refractivity contribution in [3.63, 3.8) is 0 Å². The molecule has 3 aliphatic rings. The molecular formula is C13H23N. The number of hydrogen-bond donors (Lipinski definition) is 0. The molecule has 1 saturated heterocycles. The Hall–Kier alpha value is -0.0400. The molecule has 0 N–H and O–H groups in total. The van der Waals surface area contributed by atoms with Crippen LogP contribution in [0.2, 0.25) is 0 Å². The summed E-state index contributed by atoms with van der Waals surface area (Å²) in [4.78, 5) is 2.79. The summed E-state index contributed by atoms with van der Waals surface area (Å²) in [7, 11) is 0. The summed E-state index contributed by atoms with van der Waals surface area (Å²) in [6.07, 6.45) is 5.95. The van der Waals surface area contributed by atoms with Crippen LogP contribution in [-0.4, -0.2) is 24.0 Å². The maximum atomic E-state index is 2.79. The van der Waals surface area contributed by atoms with E-state index < -0.39 is 0 Å². The highest BCUT2D eigenvalue weighted by atomic mass is 15.2. The molecule has 2 saturated carbocycles. The molecule has 1 unspecified atom stereocenters. The Morgan fingerprint density at radius 2 is 1.93 bits per heavy atom. The smallest absolute Gasteiger partial charge is 0.00956 e. The normalized spacial score (nSPS) is 43.5. The first kappa shape index (κ1) is 9.21. The van der Waals surface area contributed by atoms with Gasteiger partial charge in [-0.1, -0.05) is 27.2 Å². The Morgan fingerprint density at radius 3 is 2.36 bits per heavy atom. The molecule has 2 aliphatic carbocycles. The maximum Gasteiger partial charge on any atom is 0.00956 e. The minimum Gasteiger partial charge on any atom is -0.300 e. The second-order valence-electron chi connectivity index (χ2n) is 6.82. The zero-order chi connectivity index (χ0) is 9.97. The molecule has 3 fully saturated rings. The van der Waals surface area contributed by atoms with E-state index in [0.29, 0.717) is 10.8 Å². The Bertz CT molecular complexity index is 248. The average molecular weight is 193 g/mol. The van der Waals surface area contributed by atoms with Crippen LogP contribution < -0.4 is 0 Å². The lowest BCUT2D eigenvalue weighted by atomic mass is 9.76. The number of likely N-dealkylation sites (tertiary alicyclic amines) is 1. The van der Waals surface area contributed by atoms with Crippen LogP contribution in [0.1, 0.15) is 46.5 Å². The van der Waals surface area contributed by atoms with E-state index in [0.717, 1.165) is 12.0 Å². The van der Waals surface area contributed by atoms with Crippen molar-refractivity contribution >= 4 is 0 Å². The van der Waals surface area contributed by atoms with Crippen LogP contribution >= 0.6 is 0 Å². The third-order valence-electron chi connectivity index (χ3n) is 5.26. The van der Waals surface area contributed by atoms with Crippen LogP contribution in [0.15, 0.2) is 0 Å². The van der Waals surface area contributed by atoms with E-state index in [1.54, 1.807) is 0 Å². The molecule has 1 heterocycles. The largest absolute Gasteiger partial charge is 0.300 e. The van der Waals surface area contributed by atoms with Gasteiger partial charge in [0.15, 0.2) is 0 Å². The first-order valence-electron chi connectivity index (χ1n) is 6.27. The van der Waals surface area contributed by atoms with Gasteiger partial charge in [-0.2, -0.15) is 0 Å². The van der Waals surface area contributed by atoms with Crippen molar-refractivity contribution in [3.05, 3.63) is 0 Å².